The highest BCUT2D eigenvalue weighted by Crippen LogP contribution is 2.29. The Hall–Kier alpha value is -1.33. The van der Waals surface area contributed by atoms with Crippen molar-refractivity contribution in [2.45, 2.75) is 39.3 Å². The molecule has 5 heteroatoms. The molecule has 4 nitrogen and oxygen atoms in total. The number of rotatable bonds is 3. The molecule has 2 aromatic rings. The summed E-state index contributed by atoms with van der Waals surface area (Å²) < 4.78 is 8.07. The molecule has 0 amide bonds. The lowest BCUT2D eigenvalue weighted by Gasteiger charge is -2.14. The lowest BCUT2D eigenvalue weighted by atomic mass is 10.2. The molecule has 1 aliphatic heterocycles. The minimum Gasteiger partial charge on any atom is -0.376 e. The number of anilines is 1. The standard InChI is InChI=1S/C14H19N3OS/c1-9-6-12(13-8-19-14(15)16-13)10(2)17(9)7-11-4-3-5-18-11/h6,8,11H,3-5,7H2,1-2H3,(H2,15,16)/t11-/m0/s1. The molecule has 0 bridgehead atoms. The van der Waals surface area contributed by atoms with Gasteiger partial charge in [0, 0.05) is 35.5 Å². The minimum atomic E-state index is 0.359. The Morgan fingerprint density at radius 1 is 1.53 bits per heavy atom. The van der Waals surface area contributed by atoms with Crippen LogP contribution in [0.25, 0.3) is 11.3 Å². The summed E-state index contributed by atoms with van der Waals surface area (Å²) in [5, 5.41) is 2.65. The second-order valence-electron chi connectivity index (χ2n) is 5.10. The van der Waals surface area contributed by atoms with Crippen LogP contribution in [0.3, 0.4) is 0 Å². The summed E-state index contributed by atoms with van der Waals surface area (Å²) in [5.74, 6) is 0. The average Bonchev–Trinajstić information content (AvgIpc) is 3.07. The first kappa shape index (κ1) is 12.7. The largest absolute Gasteiger partial charge is 0.376 e. The van der Waals surface area contributed by atoms with E-state index in [-0.39, 0.29) is 0 Å². The molecular formula is C14H19N3OS. The van der Waals surface area contributed by atoms with Crippen LogP contribution in [0.1, 0.15) is 24.2 Å². The fraction of sp³-hybridized carbons (Fsp3) is 0.500. The maximum absolute atomic E-state index is 5.73. The highest BCUT2D eigenvalue weighted by Gasteiger charge is 2.19. The van der Waals surface area contributed by atoms with E-state index in [4.69, 9.17) is 10.5 Å². The van der Waals surface area contributed by atoms with Crippen LogP contribution in [0.4, 0.5) is 5.13 Å². The third-order valence-electron chi connectivity index (χ3n) is 3.78. The summed E-state index contributed by atoms with van der Waals surface area (Å²) in [6.07, 6.45) is 2.70. The SMILES string of the molecule is Cc1cc(-c2csc(N)n2)c(C)n1C[C@@H]1CCCO1. The molecule has 0 unspecified atom stereocenters. The number of hydrogen-bond donors (Lipinski definition) is 1. The lowest BCUT2D eigenvalue weighted by molar-refractivity contribution is 0.0962. The van der Waals surface area contributed by atoms with E-state index in [1.807, 2.05) is 5.38 Å². The molecule has 0 radical (unpaired) electrons. The van der Waals surface area contributed by atoms with E-state index >= 15 is 0 Å². The number of aromatic nitrogens is 2. The zero-order chi connectivity index (χ0) is 13.4. The Morgan fingerprint density at radius 2 is 2.37 bits per heavy atom. The van der Waals surface area contributed by atoms with E-state index in [1.165, 1.54) is 34.7 Å². The van der Waals surface area contributed by atoms with Gasteiger partial charge < -0.3 is 15.0 Å². The molecule has 1 aliphatic rings. The Kier molecular flexibility index (Phi) is 3.33. The molecule has 0 aliphatic carbocycles. The van der Waals surface area contributed by atoms with Gasteiger partial charge >= 0.3 is 0 Å². The summed E-state index contributed by atoms with van der Waals surface area (Å²) in [7, 11) is 0. The first-order chi connectivity index (χ1) is 9.15. The van der Waals surface area contributed by atoms with E-state index < -0.39 is 0 Å². The molecular weight excluding hydrogens is 258 g/mol. The van der Waals surface area contributed by atoms with E-state index in [0.29, 0.717) is 11.2 Å². The van der Waals surface area contributed by atoms with Crippen molar-refractivity contribution in [2.24, 2.45) is 0 Å². The monoisotopic (exact) mass is 277 g/mol. The first-order valence-electron chi connectivity index (χ1n) is 6.65. The van der Waals surface area contributed by atoms with Crippen molar-refractivity contribution in [1.82, 2.24) is 9.55 Å². The molecule has 2 aromatic heterocycles. The van der Waals surface area contributed by atoms with Crippen molar-refractivity contribution in [3.63, 3.8) is 0 Å². The van der Waals surface area contributed by atoms with Crippen LogP contribution < -0.4 is 5.73 Å². The Bertz CT molecular complexity index is 582. The van der Waals surface area contributed by atoms with Gasteiger partial charge in [0.25, 0.3) is 0 Å². The first-order valence-corrected chi connectivity index (χ1v) is 7.53. The van der Waals surface area contributed by atoms with E-state index in [9.17, 15) is 0 Å². The van der Waals surface area contributed by atoms with Crippen LogP contribution in [-0.2, 0) is 11.3 Å². The number of hydrogen-bond acceptors (Lipinski definition) is 4. The zero-order valence-corrected chi connectivity index (χ0v) is 12.2. The molecule has 19 heavy (non-hydrogen) atoms. The van der Waals surface area contributed by atoms with Crippen LogP contribution in [0.5, 0.6) is 0 Å². The molecule has 0 aromatic carbocycles. The zero-order valence-electron chi connectivity index (χ0n) is 11.3. The van der Waals surface area contributed by atoms with E-state index in [0.717, 1.165) is 25.3 Å². The van der Waals surface area contributed by atoms with Crippen molar-refractivity contribution in [3.8, 4) is 11.3 Å². The predicted molar refractivity (Wildman–Crippen MR) is 78.4 cm³/mol. The second kappa shape index (κ2) is 4.98. The number of nitrogen functional groups attached to an aromatic ring is 1. The van der Waals surface area contributed by atoms with Gasteiger partial charge in [0.15, 0.2) is 5.13 Å². The highest BCUT2D eigenvalue weighted by molar-refractivity contribution is 7.13. The summed E-state index contributed by atoms with van der Waals surface area (Å²) in [6, 6.07) is 2.19. The van der Waals surface area contributed by atoms with Crippen LogP contribution in [0, 0.1) is 13.8 Å². The fourth-order valence-corrected chi connectivity index (χ4v) is 3.31. The molecule has 1 atom stereocenters. The molecule has 1 saturated heterocycles. The minimum absolute atomic E-state index is 0.359. The van der Waals surface area contributed by atoms with Crippen LogP contribution >= 0.6 is 11.3 Å². The summed E-state index contributed by atoms with van der Waals surface area (Å²) in [4.78, 5) is 4.38. The van der Waals surface area contributed by atoms with Crippen LogP contribution in [0.2, 0.25) is 0 Å². The molecule has 1 fully saturated rings. The third kappa shape index (κ3) is 2.40. The molecule has 3 heterocycles. The van der Waals surface area contributed by atoms with Gasteiger partial charge in [0.05, 0.1) is 11.8 Å². The number of nitrogens with zero attached hydrogens (tertiary/aromatic N) is 2. The van der Waals surface area contributed by atoms with Gasteiger partial charge in [-0.25, -0.2) is 4.98 Å². The fourth-order valence-electron chi connectivity index (χ4n) is 2.74. The van der Waals surface area contributed by atoms with Gasteiger partial charge in [0.2, 0.25) is 0 Å². The Labute approximate surface area is 117 Å². The van der Waals surface area contributed by atoms with Crippen molar-refractivity contribution in [3.05, 3.63) is 22.8 Å². The van der Waals surface area contributed by atoms with Crippen LogP contribution in [0.15, 0.2) is 11.4 Å². The van der Waals surface area contributed by atoms with Crippen molar-refractivity contribution < 1.29 is 4.74 Å². The number of ether oxygens (including phenoxy) is 1. The third-order valence-corrected chi connectivity index (χ3v) is 4.46. The summed E-state index contributed by atoms with van der Waals surface area (Å²) in [5.41, 5.74) is 10.4. The van der Waals surface area contributed by atoms with Gasteiger partial charge in [-0.15, -0.1) is 11.3 Å². The van der Waals surface area contributed by atoms with Gasteiger partial charge in [-0.05, 0) is 32.8 Å². The van der Waals surface area contributed by atoms with Gasteiger partial charge in [0.1, 0.15) is 0 Å². The molecule has 3 rings (SSSR count). The summed E-state index contributed by atoms with van der Waals surface area (Å²) >= 11 is 1.49. The van der Waals surface area contributed by atoms with Crippen molar-refractivity contribution in [2.75, 3.05) is 12.3 Å². The topological polar surface area (TPSA) is 53.1 Å². The second-order valence-corrected chi connectivity index (χ2v) is 5.99. The number of thiazole rings is 1. The quantitative estimate of drug-likeness (QED) is 0.938. The average molecular weight is 277 g/mol. The van der Waals surface area contributed by atoms with E-state index in [1.54, 1.807) is 0 Å². The molecule has 0 saturated carbocycles. The Balaban J connectivity index is 1.91. The number of aryl methyl sites for hydroxylation is 1. The molecule has 102 valence electrons. The van der Waals surface area contributed by atoms with E-state index in [2.05, 4.69) is 29.5 Å². The lowest BCUT2D eigenvalue weighted by Crippen LogP contribution is -2.16. The maximum atomic E-state index is 5.73. The van der Waals surface area contributed by atoms with Gasteiger partial charge in [-0.1, -0.05) is 0 Å². The molecule has 0 spiro atoms. The summed E-state index contributed by atoms with van der Waals surface area (Å²) in [6.45, 7) is 6.13. The maximum Gasteiger partial charge on any atom is 0.180 e. The molecule has 2 N–H and O–H groups in total. The van der Waals surface area contributed by atoms with Gasteiger partial charge in [-0.3, -0.25) is 0 Å². The van der Waals surface area contributed by atoms with Crippen LogP contribution in [-0.4, -0.2) is 22.3 Å². The normalized spacial score (nSPS) is 19.2. The smallest absolute Gasteiger partial charge is 0.180 e. The van der Waals surface area contributed by atoms with Crippen molar-refractivity contribution >= 4 is 16.5 Å². The predicted octanol–water partition coefficient (Wildman–Crippen LogP) is 2.99. The van der Waals surface area contributed by atoms with Gasteiger partial charge in [-0.2, -0.15) is 0 Å². The highest BCUT2D eigenvalue weighted by atomic mass is 32.1. The van der Waals surface area contributed by atoms with Crippen molar-refractivity contribution in [1.29, 1.82) is 0 Å². The Morgan fingerprint density at radius 3 is 3.00 bits per heavy atom. The number of nitrogens with two attached hydrogens (primary N) is 1.